The largest absolute Gasteiger partial charge is 0.447 e. The van der Waals surface area contributed by atoms with Crippen molar-refractivity contribution < 1.29 is 23.9 Å². The molecule has 7 nitrogen and oxygen atoms in total. The second-order valence-corrected chi connectivity index (χ2v) is 7.74. The molecule has 0 atom stereocenters. The Morgan fingerprint density at radius 3 is 2.21 bits per heavy atom. The summed E-state index contributed by atoms with van der Waals surface area (Å²) < 4.78 is 11.7. The number of amides is 1. The highest BCUT2D eigenvalue weighted by molar-refractivity contribution is 6.20. The standard InChI is InChI=1S/C21H28N2O5/c1-13-11-14(2)16(15(3)12-13)17-18(27-20(25)22(4)5)21(28-19(17)24)7-9-23(26-6)10-8-21/h11-12H,7-10H2,1-6H3. The average molecular weight is 388 g/mol. The highest BCUT2D eigenvalue weighted by Crippen LogP contribution is 2.46. The molecule has 1 fully saturated rings. The summed E-state index contributed by atoms with van der Waals surface area (Å²) in [6.45, 7) is 7.08. The van der Waals surface area contributed by atoms with Gasteiger partial charge in [0.15, 0.2) is 11.4 Å². The predicted octanol–water partition coefficient (Wildman–Crippen LogP) is 2.97. The van der Waals surface area contributed by atoms with Gasteiger partial charge in [-0.3, -0.25) is 0 Å². The summed E-state index contributed by atoms with van der Waals surface area (Å²) in [6.07, 6.45) is 0.466. The second kappa shape index (κ2) is 7.56. The SMILES string of the molecule is CON1CCC2(CC1)OC(=O)C(c1c(C)cc(C)cc1C)=C2OC(=O)N(C)C. The van der Waals surface area contributed by atoms with Crippen LogP contribution >= 0.6 is 0 Å². The van der Waals surface area contributed by atoms with Crippen molar-refractivity contribution in [1.29, 1.82) is 0 Å². The number of ether oxygens (including phenoxy) is 2. The Morgan fingerprint density at radius 2 is 1.71 bits per heavy atom. The first-order valence-corrected chi connectivity index (χ1v) is 9.43. The van der Waals surface area contributed by atoms with Gasteiger partial charge in [0.25, 0.3) is 0 Å². The number of aryl methyl sites for hydroxylation is 3. The molecular weight excluding hydrogens is 360 g/mol. The first-order chi connectivity index (χ1) is 13.2. The van der Waals surface area contributed by atoms with E-state index in [0.29, 0.717) is 37.3 Å². The second-order valence-electron chi connectivity index (χ2n) is 7.74. The van der Waals surface area contributed by atoms with Crippen molar-refractivity contribution in [2.45, 2.75) is 39.2 Å². The lowest BCUT2D eigenvalue weighted by Gasteiger charge is -2.37. The van der Waals surface area contributed by atoms with Gasteiger partial charge in [-0.25, -0.2) is 9.59 Å². The average Bonchev–Trinajstić information content (AvgIpc) is 2.87. The fourth-order valence-electron chi connectivity index (χ4n) is 4.07. The van der Waals surface area contributed by atoms with Crippen molar-refractivity contribution in [2.75, 3.05) is 34.3 Å². The molecule has 0 saturated carbocycles. The first-order valence-electron chi connectivity index (χ1n) is 9.43. The molecule has 152 valence electrons. The van der Waals surface area contributed by atoms with Gasteiger partial charge in [0, 0.05) is 40.0 Å². The fraction of sp³-hybridized carbons (Fsp3) is 0.524. The van der Waals surface area contributed by atoms with E-state index in [2.05, 4.69) is 0 Å². The maximum Gasteiger partial charge on any atom is 0.414 e. The van der Waals surface area contributed by atoms with Crippen molar-refractivity contribution in [1.82, 2.24) is 9.96 Å². The van der Waals surface area contributed by atoms with Crippen molar-refractivity contribution in [3.05, 3.63) is 40.1 Å². The molecule has 2 aliphatic rings. The van der Waals surface area contributed by atoms with Crippen LogP contribution in [0.5, 0.6) is 0 Å². The van der Waals surface area contributed by atoms with Gasteiger partial charge in [0.1, 0.15) is 5.57 Å². The molecular formula is C21H28N2O5. The third-order valence-corrected chi connectivity index (χ3v) is 5.40. The molecule has 7 heteroatoms. The van der Waals surface area contributed by atoms with Gasteiger partial charge in [0.2, 0.25) is 0 Å². The zero-order valence-corrected chi connectivity index (χ0v) is 17.4. The molecule has 1 spiro atoms. The van der Waals surface area contributed by atoms with E-state index in [-0.39, 0.29) is 0 Å². The van der Waals surface area contributed by atoms with E-state index < -0.39 is 17.7 Å². The lowest BCUT2D eigenvalue weighted by Crippen LogP contribution is -2.46. The molecule has 2 heterocycles. The van der Waals surface area contributed by atoms with E-state index >= 15 is 0 Å². The molecule has 0 aliphatic carbocycles. The summed E-state index contributed by atoms with van der Waals surface area (Å²) in [6, 6.07) is 4.04. The molecule has 0 unspecified atom stereocenters. The van der Waals surface area contributed by atoms with Gasteiger partial charge in [-0.05, 0) is 37.5 Å². The molecule has 1 saturated heterocycles. The number of carbonyl (C=O) groups is 2. The van der Waals surface area contributed by atoms with E-state index in [1.165, 1.54) is 4.90 Å². The van der Waals surface area contributed by atoms with Gasteiger partial charge in [0.05, 0.1) is 7.11 Å². The van der Waals surface area contributed by atoms with Gasteiger partial charge in [-0.2, -0.15) is 5.06 Å². The summed E-state index contributed by atoms with van der Waals surface area (Å²) >= 11 is 0. The Hall–Kier alpha value is -2.38. The van der Waals surface area contributed by atoms with E-state index in [4.69, 9.17) is 14.3 Å². The Balaban J connectivity index is 2.15. The minimum Gasteiger partial charge on any atom is -0.447 e. The number of hydrogen-bond donors (Lipinski definition) is 0. The zero-order chi connectivity index (χ0) is 20.6. The molecule has 0 N–H and O–H groups in total. The molecule has 0 bridgehead atoms. The molecule has 3 rings (SSSR count). The van der Waals surface area contributed by atoms with Crippen LogP contribution in [0.15, 0.2) is 17.9 Å². The Kier molecular flexibility index (Phi) is 5.50. The zero-order valence-electron chi connectivity index (χ0n) is 17.4. The Morgan fingerprint density at radius 1 is 1.14 bits per heavy atom. The number of nitrogens with zero attached hydrogens (tertiary/aromatic N) is 2. The van der Waals surface area contributed by atoms with E-state index in [0.717, 1.165) is 22.3 Å². The highest BCUT2D eigenvalue weighted by atomic mass is 16.7. The molecule has 0 aromatic heterocycles. The number of piperidine rings is 1. The van der Waals surface area contributed by atoms with E-state index in [1.54, 1.807) is 21.2 Å². The van der Waals surface area contributed by atoms with Gasteiger partial charge < -0.3 is 19.2 Å². The van der Waals surface area contributed by atoms with Crippen LogP contribution in [0.4, 0.5) is 4.79 Å². The number of carbonyl (C=O) groups excluding carboxylic acids is 2. The minimum absolute atomic E-state index is 0.321. The van der Waals surface area contributed by atoms with E-state index in [9.17, 15) is 9.59 Å². The normalized spacial score (nSPS) is 19.1. The monoisotopic (exact) mass is 388 g/mol. The molecule has 1 aromatic carbocycles. The van der Waals surface area contributed by atoms with Crippen molar-refractivity contribution in [2.24, 2.45) is 0 Å². The fourth-order valence-corrected chi connectivity index (χ4v) is 4.07. The summed E-state index contributed by atoms with van der Waals surface area (Å²) in [4.78, 5) is 32.1. The first kappa shape index (κ1) is 20.4. The van der Waals surface area contributed by atoms with Gasteiger partial charge in [-0.15, -0.1) is 0 Å². The summed E-state index contributed by atoms with van der Waals surface area (Å²) in [5, 5.41) is 1.81. The molecule has 2 aliphatic heterocycles. The summed E-state index contributed by atoms with van der Waals surface area (Å²) in [7, 11) is 4.84. The van der Waals surface area contributed by atoms with E-state index in [1.807, 2.05) is 38.0 Å². The lowest BCUT2D eigenvalue weighted by molar-refractivity contribution is -0.182. The highest BCUT2D eigenvalue weighted by Gasteiger charge is 2.53. The number of rotatable bonds is 3. The van der Waals surface area contributed by atoms with Crippen molar-refractivity contribution in [3.63, 3.8) is 0 Å². The Labute approximate surface area is 165 Å². The number of hydrogen-bond acceptors (Lipinski definition) is 6. The van der Waals surface area contributed by atoms with Crippen LogP contribution in [0.25, 0.3) is 5.57 Å². The molecule has 0 radical (unpaired) electrons. The van der Waals surface area contributed by atoms with Crippen LogP contribution in [0, 0.1) is 20.8 Å². The van der Waals surface area contributed by atoms with Gasteiger partial charge >= 0.3 is 12.1 Å². The number of hydroxylamine groups is 2. The quantitative estimate of drug-likeness (QED) is 0.742. The maximum atomic E-state index is 13.0. The minimum atomic E-state index is -0.948. The Bertz CT molecular complexity index is 812. The third kappa shape index (κ3) is 3.52. The van der Waals surface area contributed by atoms with Crippen molar-refractivity contribution >= 4 is 17.6 Å². The smallest absolute Gasteiger partial charge is 0.414 e. The van der Waals surface area contributed by atoms with Crippen molar-refractivity contribution in [3.8, 4) is 0 Å². The van der Waals surface area contributed by atoms with Crippen LogP contribution in [0.3, 0.4) is 0 Å². The number of esters is 1. The molecule has 28 heavy (non-hydrogen) atoms. The lowest BCUT2D eigenvalue weighted by atomic mass is 9.86. The van der Waals surface area contributed by atoms with Crippen LogP contribution in [0.2, 0.25) is 0 Å². The molecule has 1 aromatic rings. The summed E-state index contributed by atoms with van der Waals surface area (Å²) in [5.41, 5.74) is 3.21. The van der Waals surface area contributed by atoms with Crippen LogP contribution < -0.4 is 0 Å². The third-order valence-electron chi connectivity index (χ3n) is 5.40. The predicted molar refractivity (Wildman–Crippen MR) is 104 cm³/mol. The van der Waals surface area contributed by atoms with Crippen LogP contribution in [0.1, 0.15) is 35.1 Å². The van der Waals surface area contributed by atoms with Crippen LogP contribution in [-0.4, -0.2) is 61.9 Å². The summed E-state index contributed by atoms with van der Waals surface area (Å²) in [5.74, 6) is -0.121. The maximum absolute atomic E-state index is 13.0. The van der Waals surface area contributed by atoms with Gasteiger partial charge in [-0.1, -0.05) is 17.7 Å². The molecule has 1 amide bonds. The topological polar surface area (TPSA) is 68.3 Å². The van der Waals surface area contributed by atoms with Crippen LogP contribution in [-0.2, 0) is 19.1 Å². The number of benzene rings is 1.